The lowest BCUT2D eigenvalue weighted by atomic mass is 9.97. The van der Waals surface area contributed by atoms with E-state index in [1.165, 1.54) is 36.1 Å². The van der Waals surface area contributed by atoms with Crippen LogP contribution in [0.15, 0.2) is 18.2 Å². The molecule has 0 amide bonds. The number of nitrogens with one attached hydrogen (secondary N) is 1. The number of piperazine rings is 1. The molecule has 1 aliphatic rings. The molecule has 1 saturated heterocycles. The Labute approximate surface area is 130 Å². The summed E-state index contributed by atoms with van der Waals surface area (Å²) < 4.78 is 0. The Balaban J connectivity index is 2.08. The molecule has 0 radical (unpaired) electrons. The monoisotopic (exact) mass is 288 g/mol. The Hall–Kier alpha value is -0.860. The van der Waals surface area contributed by atoms with Gasteiger partial charge in [0, 0.05) is 31.7 Å². The Kier molecular flexibility index (Phi) is 5.83. The van der Waals surface area contributed by atoms with Crippen LogP contribution in [0.5, 0.6) is 0 Å². The van der Waals surface area contributed by atoms with Crippen LogP contribution in [0.3, 0.4) is 0 Å². The maximum Gasteiger partial charge on any atom is 0.0240 e. The molecule has 118 valence electrons. The lowest BCUT2D eigenvalue weighted by Gasteiger charge is -2.41. The van der Waals surface area contributed by atoms with Gasteiger partial charge in [0.25, 0.3) is 0 Å². The number of aryl methyl sites for hydroxylation is 2. The molecule has 0 bridgehead atoms. The van der Waals surface area contributed by atoms with Crippen LogP contribution in [0.2, 0.25) is 0 Å². The fraction of sp³-hybridized carbons (Fsp3) is 0.684. The summed E-state index contributed by atoms with van der Waals surface area (Å²) in [7, 11) is 0. The topological polar surface area (TPSA) is 15.3 Å². The van der Waals surface area contributed by atoms with Crippen molar-refractivity contribution in [1.82, 2.24) is 10.2 Å². The van der Waals surface area contributed by atoms with Gasteiger partial charge in [-0.25, -0.2) is 0 Å². The third-order valence-electron chi connectivity index (χ3n) is 4.72. The first kappa shape index (κ1) is 16.5. The number of hydrogen-bond acceptors (Lipinski definition) is 2. The van der Waals surface area contributed by atoms with E-state index in [1.54, 1.807) is 0 Å². The van der Waals surface area contributed by atoms with Gasteiger partial charge in [-0.2, -0.15) is 0 Å². The Morgan fingerprint density at radius 3 is 2.71 bits per heavy atom. The summed E-state index contributed by atoms with van der Waals surface area (Å²) in [6, 6.07) is 8.17. The maximum atomic E-state index is 3.75. The molecule has 0 saturated carbocycles. The molecule has 21 heavy (non-hydrogen) atoms. The van der Waals surface area contributed by atoms with Crippen molar-refractivity contribution in [2.24, 2.45) is 5.92 Å². The molecule has 0 aliphatic carbocycles. The van der Waals surface area contributed by atoms with E-state index in [0.29, 0.717) is 12.1 Å². The van der Waals surface area contributed by atoms with E-state index in [1.807, 2.05) is 0 Å². The number of rotatable bonds is 5. The molecule has 0 spiro atoms. The number of nitrogens with zero attached hydrogens (tertiary/aromatic N) is 1. The molecule has 1 aliphatic heterocycles. The van der Waals surface area contributed by atoms with Crippen molar-refractivity contribution in [3.05, 3.63) is 34.9 Å². The molecule has 2 atom stereocenters. The zero-order chi connectivity index (χ0) is 15.4. The van der Waals surface area contributed by atoms with Gasteiger partial charge in [-0.05, 0) is 43.7 Å². The number of benzene rings is 1. The second-order valence-electron chi connectivity index (χ2n) is 7.16. The van der Waals surface area contributed by atoms with E-state index < -0.39 is 0 Å². The molecule has 2 unspecified atom stereocenters. The highest BCUT2D eigenvalue weighted by molar-refractivity contribution is 5.30. The minimum absolute atomic E-state index is 0.651. The summed E-state index contributed by atoms with van der Waals surface area (Å²) in [5.41, 5.74) is 4.30. The van der Waals surface area contributed by atoms with Crippen LogP contribution >= 0.6 is 0 Å². The molecule has 1 heterocycles. The predicted molar refractivity (Wildman–Crippen MR) is 91.7 cm³/mol. The molecule has 2 rings (SSSR count). The van der Waals surface area contributed by atoms with Gasteiger partial charge in [-0.15, -0.1) is 0 Å². The average Bonchev–Trinajstić information content (AvgIpc) is 2.42. The van der Waals surface area contributed by atoms with Crippen LogP contribution in [0, 0.1) is 19.8 Å². The fourth-order valence-electron chi connectivity index (χ4n) is 3.44. The second kappa shape index (κ2) is 7.42. The normalized spacial score (nSPS) is 23.7. The van der Waals surface area contributed by atoms with Gasteiger partial charge in [0.1, 0.15) is 0 Å². The smallest absolute Gasteiger partial charge is 0.0240 e. The van der Waals surface area contributed by atoms with Crippen LogP contribution in [0.1, 0.15) is 50.3 Å². The molecule has 1 aromatic rings. The van der Waals surface area contributed by atoms with Gasteiger partial charge < -0.3 is 5.32 Å². The molecule has 2 heteroatoms. The molecular formula is C19H32N2. The summed E-state index contributed by atoms with van der Waals surface area (Å²) in [4.78, 5) is 2.70. The highest BCUT2D eigenvalue weighted by atomic mass is 15.2. The van der Waals surface area contributed by atoms with Gasteiger partial charge in [0.15, 0.2) is 0 Å². The summed E-state index contributed by atoms with van der Waals surface area (Å²) >= 11 is 0. The van der Waals surface area contributed by atoms with Gasteiger partial charge in [-0.3, -0.25) is 4.90 Å². The van der Waals surface area contributed by atoms with E-state index in [2.05, 4.69) is 63.0 Å². The minimum Gasteiger partial charge on any atom is -0.311 e. The summed E-state index contributed by atoms with van der Waals surface area (Å²) in [5, 5.41) is 3.75. The summed E-state index contributed by atoms with van der Waals surface area (Å²) in [6.07, 6.45) is 2.51. The molecule has 2 nitrogen and oxygen atoms in total. The zero-order valence-corrected chi connectivity index (χ0v) is 14.4. The third kappa shape index (κ3) is 4.55. The predicted octanol–water partition coefficient (Wildman–Crippen LogP) is 3.90. The van der Waals surface area contributed by atoms with E-state index in [9.17, 15) is 0 Å². The SMILES string of the molecule is CCC1CNC(CC(C)C)CN1Cc1cc(C)ccc1C. The van der Waals surface area contributed by atoms with Gasteiger partial charge in [-0.1, -0.05) is 44.5 Å². The molecule has 1 aromatic carbocycles. The third-order valence-corrected chi connectivity index (χ3v) is 4.72. The first-order valence-corrected chi connectivity index (χ1v) is 8.53. The van der Waals surface area contributed by atoms with Gasteiger partial charge >= 0.3 is 0 Å². The van der Waals surface area contributed by atoms with Crippen LogP contribution in [0.4, 0.5) is 0 Å². The average molecular weight is 288 g/mol. The van der Waals surface area contributed by atoms with Gasteiger partial charge in [0.2, 0.25) is 0 Å². The second-order valence-corrected chi connectivity index (χ2v) is 7.16. The highest BCUT2D eigenvalue weighted by Crippen LogP contribution is 2.20. The van der Waals surface area contributed by atoms with Crippen molar-refractivity contribution in [1.29, 1.82) is 0 Å². The minimum atomic E-state index is 0.651. The van der Waals surface area contributed by atoms with Crippen LogP contribution in [-0.4, -0.2) is 30.1 Å². The van der Waals surface area contributed by atoms with Crippen LogP contribution in [0.25, 0.3) is 0 Å². The van der Waals surface area contributed by atoms with Crippen LogP contribution in [-0.2, 0) is 6.54 Å². The van der Waals surface area contributed by atoms with Crippen molar-refractivity contribution >= 4 is 0 Å². The van der Waals surface area contributed by atoms with Crippen LogP contribution < -0.4 is 5.32 Å². The van der Waals surface area contributed by atoms with E-state index >= 15 is 0 Å². The zero-order valence-electron chi connectivity index (χ0n) is 14.4. The maximum absolute atomic E-state index is 3.75. The fourth-order valence-corrected chi connectivity index (χ4v) is 3.44. The molecule has 0 aromatic heterocycles. The van der Waals surface area contributed by atoms with Crippen molar-refractivity contribution in [2.45, 2.75) is 66.1 Å². The van der Waals surface area contributed by atoms with E-state index in [0.717, 1.165) is 19.0 Å². The first-order valence-electron chi connectivity index (χ1n) is 8.53. The van der Waals surface area contributed by atoms with Gasteiger partial charge in [0.05, 0.1) is 0 Å². The quantitative estimate of drug-likeness (QED) is 0.884. The molecule has 1 fully saturated rings. The molecule has 1 N–H and O–H groups in total. The van der Waals surface area contributed by atoms with E-state index in [4.69, 9.17) is 0 Å². The molecular weight excluding hydrogens is 256 g/mol. The van der Waals surface area contributed by atoms with E-state index in [-0.39, 0.29) is 0 Å². The summed E-state index contributed by atoms with van der Waals surface area (Å²) in [5.74, 6) is 0.767. The lowest BCUT2D eigenvalue weighted by Crippen LogP contribution is -2.56. The number of hydrogen-bond donors (Lipinski definition) is 1. The Morgan fingerprint density at radius 2 is 2.05 bits per heavy atom. The van der Waals surface area contributed by atoms with Crippen molar-refractivity contribution in [3.8, 4) is 0 Å². The van der Waals surface area contributed by atoms with Crippen molar-refractivity contribution < 1.29 is 0 Å². The van der Waals surface area contributed by atoms with Crippen molar-refractivity contribution in [3.63, 3.8) is 0 Å². The highest BCUT2D eigenvalue weighted by Gasteiger charge is 2.27. The van der Waals surface area contributed by atoms with Crippen molar-refractivity contribution in [2.75, 3.05) is 13.1 Å². The summed E-state index contributed by atoms with van der Waals surface area (Å²) in [6.45, 7) is 14.8. The largest absolute Gasteiger partial charge is 0.311 e. The Bertz CT molecular complexity index is 453. The Morgan fingerprint density at radius 1 is 1.29 bits per heavy atom. The first-order chi connectivity index (χ1) is 9.99. The lowest BCUT2D eigenvalue weighted by molar-refractivity contribution is 0.111. The standard InChI is InChI=1S/C19H32N2/c1-6-19-11-20-18(9-14(2)3)13-21(19)12-17-10-15(4)7-8-16(17)5/h7-8,10,14,18-20H,6,9,11-13H2,1-5H3.